The van der Waals surface area contributed by atoms with Crippen LogP contribution in [0.25, 0.3) is 0 Å². The zero-order valence-electron chi connectivity index (χ0n) is 11.2. The van der Waals surface area contributed by atoms with Gasteiger partial charge >= 0.3 is 0 Å². The molecule has 6 nitrogen and oxygen atoms in total. The first-order valence-electron chi connectivity index (χ1n) is 6.27. The number of hydrogen-bond acceptors (Lipinski definition) is 4. The zero-order chi connectivity index (χ0) is 14.3. The second kappa shape index (κ2) is 4.48. The van der Waals surface area contributed by atoms with E-state index in [2.05, 4.69) is 15.7 Å². The molecule has 1 aromatic heterocycles. The monoisotopic (exact) mass is 270 g/mol. The van der Waals surface area contributed by atoms with E-state index < -0.39 is 0 Å². The van der Waals surface area contributed by atoms with Crippen LogP contribution in [0.3, 0.4) is 0 Å². The van der Waals surface area contributed by atoms with E-state index in [4.69, 9.17) is 0 Å². The molecule has 0 spiro atoms. The summed E-state index contributed by atoms with van der Waals surface area (Å²) in [5, 5.41) is 9.69. The number of hydrogen-bond donors (Lipinski definition) is 2. The molecule has 2 amide bonds. The molecule has 2 aromatic rings. The van der Waals surface area contributed by atoms with Gasteiger partial charge in [-0.05, 0) is 25.1 Å². The normalized spacial score (nSPS) is 13.3. The lowest BCUT2D eigenvalue weighted by molar-refractivity contribution is 0.0879. The molecule has 2 heterocycles. The lowest BCUT2D eigenvalue weighted by atomic mass is 10.1. The molecule has 20 heavy (non-hydrogen) atoms. The van der Waals surface area contributed by atoms with Gasteiger partial charge in [0.25, 0.3) is 11.8 Å². The SMILES string of the molecule is Cc1c(CNc2ccc3c(c2)C(=O)NC3=O)cnn1C. The van der Waals surface area contributed by atoms with Crippen LogP contribution in [0.1, 0.15) is 32.0 Å². The maximum absolute atomic E-state index is 11.6. The smallest absolute Gasteiger partial charge is 0.259 e. The molecule has 1 aliphatic heterocycles. The lowest BCUT2D eigenvalue weighted by Crippen LogP contribution is -2.19. The summed E-state index contributed by atoms with van der Waals surface area (Å²) < 4.78 is 1.81. The van der Waals surface area contributed by atoms with E-state index in [9.17, 15) is 9.59 Å². The summed E-state index contributed by atoms with van der Waals surface area (Å²) >= 11 is 0. The van der Waals surface area contributed by atoms with Gasteiger partial charge in [0.1, 0.15) is 0 Å². The second-order valence-corrected chi connectivity index (χ2v) is 4.78. The van der Waals surface area contributed by atoms with Gasteiger partial charge in [-0.15, -0.1) is 0 Å². The highest BCUT2D eigenvalue weighted by Crippen LogP contribution is 2.21. The molecule has 3 rings (SSSR count). The first-order valence-corrected chi connectivity index (χ1v) is 6.27. The van der Waals surface area contributed by atoms with Gasteiger partial charge in [-0.3, -0.25) is 19.6 Å². The molecule has 0 atom stereocenters. The molecule has 1 aliphatic rings. The van der Waals surface area contributed by atoms with E-state index in [0.29, 0.717) is 17.7 Å². The summed E-state index contributed by atoms with van der Waals surface area (Å²) in [7, 11) is 1.89. The Labute approximate surface area is 115 Å². The van der Waals surface area contributed by atoms with E-state index in [1.54, 1.807) is 18.2 Å². The lowest BCUT2D eigenvalue weighted by Gasteiger charge is -2.07. The van der Waals surface area contributed by atoms with Crippen molar-refractivity contribution in [3.63, 3.8) is 0 Å². The molecule has 0 saturated carbocycles. The van der Waals surface area contributed by atoms with E-state index in [1.165, 1.54) is 0 Å². The summed E-state index contributed by atoms with van der Waals surface area (Å²) in [6, 6.07) is 5.15. The molecule has 0 fully saturated rings. The van der Waals surface area contributed by atoms with Gasteiger partial charge in [-0.25, -0.2) is 0 Å². The summed E-state index contributed by atoms with van der Waals surface area (Å²) in [5.41, 5.74) is 3.83. The van der Waals surface area contributed by atoms with Crippen LogP contribution >= 0.6 is 0 Å². The number of anilines is 1. The maximum atomic E-state index is 11.6. The van der Waals surface area contributed by atoms with Crippen molar-refractivity contribution < 1.29 is 9.59 Å². The number of amides is 2. The van der Waals surface area contributed by atoms with Gasteiger partial charge in [0.2, 0.25) is 0 Å². The van der Waals surface area contributed by atoms with E-state index >= 15 is 0 Å². The molecule has 0 unspecified atom stereocenters. The van der Waals surface area contributed by atoms with Gasteiger partial charge < -0.3 is 5.32 Å². The van der Waals surface area contributed by atoms with Crippen molar-refractivity contribution in [2.75, 3.05) is 5.32 Å². The van der Waals surface area contributed by atoms with Crippen LogP contribution in [0.15, 0.2) is 24.4 Å². The fourth-order valence-electron chi connectivity index (χ4n) is 2.19. The molecule has 102 valence electrons. The number of aromatic nitrogens is 2. The molecule has 0 radical (unpaired) electrons. The molecule has 1 aromatic carbocycles. The number of aryl methyl sites for hydroxylation is 1. The van der Waals surface area contributed by atoms with Crippen LogP contribution in [0.4, 0.5) is 5.69 Å². The van der Waals surface area contributed by atoms with Crippen molar-refractivity contribution in [1.82, 2.24) is 15.1 Å². The van der Waals surface area contributed by atoms with Gasteiger partial charge in [0, 0.05) is 30.5 Å². The van der Waals surface area contributed by atoms with Crippen molar-refractivity contribution in [2.24, 2.45) is 7.05 Å². The van der Waals surface area contributed by atoms with Gasteiger partial charge in [0.15, 0.2) is 0 Å². The Kier molecular flexibility index (Phi) is 2.78. The third kappa shape index (κ3) is 1.95. The fourth-order valence-corrected chi connectivity index (χ4v) is 2.19. The number of carbonyl (C=O) groups excluding carboxylic acids is 2. The van der Waals surface area contributed by atoms with Crippen molar-refractivity contribution in [3.05, 3.63) is 46.8 Å². The largest absolute Gasteiger partial charge is 0.381 e. The van der Waals surface area contributed by atoms with Crippen molar-refractivity contribution in [2.45, 2.75) is 13.5 Å². The van der Waals surface area contributed by atoms with Crippen LogP contribution in [-0.4, -0.2) is 21.6 Å². The number of fused-ring (bicyclic) bond motifs is 1. The first kappa shape index (κ1) is 12.4. The topological polar surface area (TPSA) is 76.0 Å². The highest BCUT2D eigenvalue weighted by atomic mass is 16.2. The molecular weight excluding hydrogens is 256 g/mol. The predicted octanol–water partition coefficient (Wildman–Crippen LogP) is 1.22. The minimum absolute atomic E-state index is 0.334. The van der Waals surface area contributed by atoms with Crippen LogP contribution in [0, 0.1) is 6.92 Å². The Morgan fingerprint density at radius 1 is 1.25 bits per heavy atom. The third-order valence-electron chi connectivity index (χ3n) is 3.56. The molecule has 0 aliphatic carbocycles. The van der Waals surface area contributed by atoms with Crippen LogP contribution in [-0.2, 0) is 13.6 Å². The average Bonchev–Trinajstić information content (AvgIpc) is 2.90. The Morgan fingerprint density at radius 3 is 2.70 bits per heavy atom. The second-order valence-electron chi connectivity index (χ2n) is 4.78. The summed E-state index contributed by atoms with van der Waals surface area (Å²) in [5.74, 6) is -0.675. The van der Waals surface area contributed by atoms with Gasteiger partial charge in [0.05, 0.1) is 17.3 Å². The number of nitrogens with zero attached hydrogens (tertiary/aromatic N) is 2. The maximum Gasteiger partial charge on any atom is 0.259 e. The molecule has 0 bridgehead atoms. The van der Waals surface area contributed by atoms with Crippen molar-refractivity contribution in [1.29, 1.82) is 0 Å². The third-order valence-corrected chi connectivity index (χ3v) is 3.56. The standard InChI is InChI=1S/C14H14N4O2/c1-8-9(7-16-18(8)2)6-15-10-3-4-11-12(5-10)14(20)17-13(11)19/h3-5,7,15H,6H2,1-2H3,(H,17,19,20). The Hall–Kier alpha value is -2.63. The molecule has 2 N–H and O–H groups in total. The number of benzene rings is 1. The van der Waals surface area contributed by atoms with Crippen molar-refractivity contribution in [3.8, 4) is 0 Å². The van der Waals surface area contributed by atoms with Crippen LogP contribution in [0.5, 0.6) is 0 Å². The summed E-state index contributed by atoms with van der Waals surface area (Å²) in [6.07, 6.45) is 1.81. The Bertz CT molecular complexity index is 718. The number of imide groups is 1. The minimum Gasteiger partial charge on any atom is -0.381 e. The van der Waals surface area contributed by atoms with E-state index in [1.807, 2.05) is 24.9 Å². The number of nitrogens with one attached hydrogen (secondary N) is 2. The van der Waals surface area contributed by atoms with Gasteiger partial charge in [-0.2, -0.15) is 5.10 Å². The van der Waals surface area contributed by atoms with Crippen molar-refractivity contribution >= 4 is 17.5 Å². The Balaban J connectivity index is 1.79. The average molecular weight is 270 g/mol. The predicted molar refractivity (Wildman–Crippen MR) is 73.5 cm³/mol. The zero-order valence-corrected chi connectivity index (χ0v) is 11.2. The van der Waals surface area contributed by atoms with Gasteiger partial charge in [-0.1, -0.05) is 0 Å². The number of rotatable bonds is 3. The highest BCUT2D eigenvalue weighted by Gasteiger charge is 2.26. The highest BCUT2D eigenvalue weighted by molar-refractivity contribution is 6.21. The summed E-state index contributed by atoms with van der Waals surface area (Å²) in [4.78, 5) is 23.0. The quantitative estimate of drug-likeness (QED) is 0.822. The minimum atomic E-state index is -0.341. The Morgan fingerprint density at radius 2 is 2.00 bits per heavy atom. The number of carbonyl (C=O) groups is 2. The van der Waals surface area contributed by atoms with Crippen LogP contribution < -0.4 is 10.6 Å². The first-order chi connectivity index (χ1) is 9.56. The van der Waals surface area contributed by atoms with Crippen LogP contribution in [0.2, 0.25) is 0 Å². The molecular formula is C14H14N4O2. The molecule has 0 saturated heterocycles. The van der Waals surface area contributed by atoms with E-state index in [0.717, 1.165) is 16.9 Å². The van der Waals surface area contributed by atoms with E-state index in [-0.39, 0.29) is 11.8 Å². The molecule has 6 heteroatoms. The fraction of sp³-hybridized carbons (Fsp3) is 0.214. The summed E-state index contributed by atoms with van der Waals surface area (Å²) in [6.45, 7) is 2.62.